The van der Waals surface area contributed by atoms with Gasteiger partial charge < -0.3 is 15.5 Å². The molecule has 0 bridgehead atoms. The van der Waals surface area contributed by atoms with Crippen LogP contribution in [0.3, 0.4) is 0 Å². The summed E-state index contributed by atoms with van der Waals surface area (Å²) in [5.41, 5.74) is 2.38. The Labute approximate surface area is 184 Å². The van der Waals surface area contributed by atoms with E-state index in [2.05, 4.69) is 46.7 Å². The highest BCUT2D eigenvalue weighted by molar-refractivity contribution is 14.0. The number of halogens is 1. The van der Waals surface area contributed by atoms with Crippen molar-refractivity contribution in [3.63, 3.8) is 0 Å². The Bertz CT molecular complexity index is 624. The minimum absolute atomic E-state index is 0. The Kier molecular flexibility index (Phi) is 11.3. The van der Waals surface area contributed by atoms with Gasteiger partial charge in [0.15, 0.2) is 5.96 Å². The first kappa shape index (κ1) is 24.2. The number of aliphatic imine (C=N–C) groups is 1. The van der Waals surface area contributed by atoms with Crippen LogP contribution < -0.4 is 15.5 Å². The van der Waals surface area contributed by atoms with E-state index in [1.807, 2.05) is 21.0 Å². The van der Waals surface area contributed by atoms with Gasteiger partial charge in [0.2, 0.25) is 0 Å². The number of rotatable bonds is 7. The highest BCUT2D eigenvalue weighted by Gasteiger charge is 2.26. The van der Waals surface area contributed by atoms with Crippen molar-refractivity contribution in [2.45, 2.75) is 57.4 Å². The molecule has 3 atom stereocenters. The molecule has 5 nitrogen and oxygen atoms in total. The summed E-state index contributed by atoms with van der Waals surface area (Å²) in [6.07, 6.45) is 4.32. The summed E-state index contributed by atoms with van der Waals surface area (Å²) in [4.78, 5) is 6.87. The standard InChI is InChI=1S/C20H34N4OS.HI/c1-5-21-20(22-15-16-9-7-11-18(13-16)24(3)4)23-17-10-8-12-19(14-17)26(25)6-2;/h7,9,11,13,17,19H,5-6,8,10,12,14-15H2,1-4H3,(H2,21,22,23);1H. The Morgan fingerprint density at radius 1 is 1.30 bits per heavy atom. The van der Waals surface area contributed by atoms with Gasteiger partial charge in [0.05, 0.1) is 6.54 Å². The first-order chi connectivity index (χ1) is 12.5. The minimum Gasteiger partial charge on any atom is -0.378 e. The molecular formula is C20H35IN4OS. The molecule has 0 saturated heterocycles. The molecule has 3 unspecified atom stereocenters. The van der Waals surface area contributed by atoms with Crippen LogP contribution in [0.15, 0.2) is 29.3 Å². The van der Waals surface area contributed by atoms with E-state index in [1.165, 1.54) is 11.3 Å². The van der Waals surface area contributed by atoms with Crippen molar-refractivity contribution in [3.8, 4) is 0 Å². The lowest BCUT2D eigenvalue weighted by atomic mass is 9.95. The fourth-order valence-corrected chi connectivity index (χ4v) is 4.72. The van der Waals surface area contributed by atoms with Crippen LogP contribution >= 0.6 is 24.0 Å². The Morgan fingerprint density at radius 3 is 2.74 bits per heavy atom. The van der Waals surface area contributed by atoms with Gasteiger partial charge in [-0.2, -0.15) is 0 Å². The number of hydrogen-bond donors (Lipinski definition) is 2. The molecule has 0 heterocycles. The Hall–Kier alpha value is -0.830. The van der Waals surface area contributed by atoms with Gasteiger partial charge in [0, 0.05) is 54.2 Å². The smallest absolute Gasteiger partial charge is 0.191 e. The number of nitrogens with one attached hydrogen (secondary N) is 2. The molecule has 7 heteroatoms. The number of hydrogen-bond acceptors (Lipinski definition) is 3. The van der Waals surface area contributed by atoms with Crippen molar-refractivity contribution in [3.05, 3.63) is 29.8 Å². The normalized spacial score (nSPS) is 21.1. The average Bonchev–Trinajstić information content (AvgIpc) is 2.66. The quantitative estimate of drug-likeness (QED) is 0.338. The third-order valence-electron chi connectivity index (χ3n) is 4.81. The van der Waals surface area contributed by atoms with E-state index >= 15 is 0 Å². The van der Waals surface area contributed by atoms with Gasteiger partial charge >= 0.3 is 0 Å². The molecule has 2 N–H and O–H groups in total. The first-order valence-electron chi connectivity index (χ1n) is 9.71. The molecule has 1 saturated carbocycles. The minimum atomic E-state index is -0.698. The van der Waals surface area contributed by atoms with Crippen LogP contribution in [0.1, 0.15) is 45.1 Å². The molecule has 1 aliphatic carbocycles. The fourth-order valence-electron chi connectivity index (χ4n) is 3.37. The molecule has 27 heavy (non-hydrogen) atoms. The summed E-state index contributed by atoms with van der Waals surface area (Å²) in [6, 6.07) is 8.82. The molecule has 2 rings (SSSR count). The van der Waals surface area contributed by atoms with Crippen molar-refractivity contribution < 1.29 is 4.21 Å². The van der Waals surface area contributed by atoms with Crippen LogP contribution in [-0.2, 0) is 17.3 Å². The van der Waals surface area contributed by atoms with Gasteiger partial charge in [-0.05, 0) is 43.9 Å². The van der Waals surface area contributed by atoms with E-state index in [0.29, 0.717) is 17.8 Å². The summed E-state index contributed by atoms with van der Waals surface area (Å²) in [6.45, 7) is 5.58. The summed E-state index contributed by atoms with van der Waals surface area (Å²) < 4.78 is 12.2. The van der Waals surface area contributed by atoms with Gasteiger partial charge in [-0.3, -0.25) is 4.21 Å². The van der Waals surface area contributed by atoms with E-state index in [1.54, 1.807) is 0 Å². The van der Waals surface area contributed by atoms with Crippen molar-refractivity contribution in [1.29, 1.82) is 0 Å². The second kappa shape index (κ2) is 12.6. The van der Waals surface area contributed by atoms with E-state index in [-0.39, 0.29) is 24.0 Å². The van der Waals surface area contributed by atoms with Crippen molar-refractivity contribution in [2.75, 3.05) is 31.3 Å². The predicted octanol–water partition coefficient (Wildman–Crippen LogP) is 3.51. The first-order valence-corrected chi connectivity index (χ1v) is 11.1. The maximum atomic E-state index is 12.2. The van der Waals surface area contributed by atoms with Crippen molar-refractivity contribution in [2.24, 2.45) is 4.99 Å². The molecule has 0 radical (unpaired) electrons. The van der Waals surface area contributed by atoms with Crippen LogP contribution in [0.5, 0.6) is 0 Å². The largest absolute Gasteiger partial charge is 0.378 e. The Balaban J connectivity index is 0.00000364. The third kappa shape index (κ3) is 7.97. The zero-order valence-electron chi connectivity index (χ0n) is 17.0. The van der Waals surface area contributed by atoms with Crippen LogP contribution in [0, 0.1) is 0 Å². The SMILES string of the molecule is CCNC(=NCc1cccc(N(C)C)c1)NC1CCCC(S(=O)CC)C1.I. The number of anilines is 1. The number of benzene rings is 1. The van der Waals surface area contributed by atoms with E-state index in [4.69, 9.17) is 4.99 Å². The topological polar surface area (TPSA) is 56.7 Å². The van der Waals surface area contributed by atoms with Crippen molar-refractivity contribution >= 4 is 46.4 Å². The molecule has 1 aromatic rings. The van der Waals surface area contributed by atoms with Gasteiger partial charge in [-0.25, -0.2) is 4.99 Å². The lowest BCUT2D eigenvalue weighted by Gasteiger charge is -2.30. The fraction of sp³-hybridized carbons (Fsp3) is 0.650. The zero-order valence-corrected chi connectivity index (χ0v) is 20.2. The van der Waals surface area contributed by atoms with Crippen LogP contribution in [-0.4, -0.2) is 47.9 Å². The molecule has 0 aromatic heterocycles. The van der Waals surface area contributed by atoms with Gasteiger partial charge in [-0.1, -0.05) is 25.5 Å². The van der Waals surface area contributed by atoms with E-state index < -0.39 is 10.8 Å². The maximum absolute atomic E-state index is 12.2. The van der Waals surface area contributed by atoms with Crippen molar-refractivity contribution in [1.82, 2.24) is 10.6 Å². The van der Waals surface area contributed by atoms with E-state index in [9.17, 15) is 4.21 Å². The average molecular weight is 506 g/mol. The summed E-state index contributed by atoms with van der Waals surface area (Å²) in [5, 5.41) is 7.24. The van der Waals surface area contributed by atoms with Crippen LogP contribution in [0.2, 0.25) is 0 Å². The second-order valence-electron chi connectivity index (χ2n) is 7.06. The summed E-state index contributed by atoms with van der Waals surface area (Å²) in [5.74, 6) is 1.61. The Morgan fingerprint density at radius 2 is 2.07 bits per heavy atom. The number of guanidine groups is 1. The molecule has 0 amide bonds. The maximum Gasteiger partial charge on any atom is 0.191 e. The highest BCUT2D eigenvalue weighted by atomic mass is 127. The lowest BCUT2D eigenvalue weighted by Crippen LogP contribution is -2.46. The monoisotopic (exact) mass is 506 g/mol. The van der Waals surface area contributed by atoms with Gasteiger partial charge in [0.1, 0.15) is 0 Å². The molecule has 0 spiro atoms. The second-order valence-corrected chi connectivity index (χ2v) is 9.06. The molecule has 1 aromatic carbocycles. The summed E-state index contributed by atoms with van der Waals surface area (Å²) in [7, 11) is 3.40. The van der Waals surface area contributed by atoms with Crippen LogP contribution in [0.25, 0.3) is 0 Å². The summed E-state index contributed by atoms with van der Waals surface area (Å²) >= 11 is 0. The van der Waals surface area contributed by atoms with Gasteiger partial charge in [-0.15, -0.1) is 24.0 Å². The molecule has 1 aliphatic rings. The van der Waals surface area contributed by atoms with Gasteiger partial charge in [0.25, 0.3) is 0 Å². The third-order valence-corrected chi connectivity index (χ3v) is 6.55. The molecule has 154 valence electrons. The lowest BCUT2D eigenvalue weighted by molar-refractivity contribution is 0.413. The van der Waals surface area contributed by atoms with Crippen LogP contribution in [0.4, 0.5) is 5.69 Å². The number of nitrogens with zero attached hydrogens (tertiary/aromatic N) is 2. The molecule has 1 fully saturated rings. The predicted molar refractivity (Wildman–Crippen MR) is 129 cm³/mol. The van der Waals surface area contributed by atoms with E-state index in [0.717, 1.165) is 43.9 Å². The zero-order chi connectivity index (χ0) is 18.9. The highest BCUT2D eigenvalue weighted by Crippen LogP contribution is 2.23. The molecular weight excluding hydrogens is 471 g/mol. The molecule has 0 aliphatic heterocycles.